The van der Waals surface area contributed by atoms with Crippen molar-refractivity contribution >= 4 is 29.1 Å². The molecule has 2 N–H and O–H groups in total. The van der Waals surface area contributed by atoms with E-state index in [0.29, 0.717) is 23.5 Å². The van der Waals surface area contributed by atoms with Crippen LogP contribution in [-0.4, -0.2) is 37.4 Å². The molecule has 0 spiro atoms. The zero-order chi connectivity index (χ0) is 21.8. The van der Waals surface area contributed by atoms with E-state index in [9.17, 15) is 14.4 Å². The Morgan fingerprint density at radius 2 is 1.77 bits per heavy atom. The first-order valence-electron chi connectivity index (χ1n) is 9.97. The molecule has 7 nitrogen and oxygen atoms in total. The van der Waals surface area contributed by atoms with E-state index in [1.54, 1.807) is 49.3 Å². The molecule has 0 aliphatic carbocycles. The van der Waals surface area contributed by atoms with E-state index in [1.165, 1.54) is 0 Å². The van der Waals surface area contributed by atoms with E-state index in [1.807, 2.05) is 26.0 Å². The summed E-state index contributed by atoms with van der Waals surface area (Å²) in [5.74, 6) is -0.0445. The van der Waals surface area contributed by atoms with Crippen LogP contribution >= 0.6 is 0 Å². The number of amides is 3. The Kier molecular flexibility index (Phi) is 6.40. The van der Waals surface area contributed by atoms with Crippen LogP contribution in [0.25, 0.3) is 0 Å². The minimum absolute atomic E-state index is 0.00616. The third-order valence-electron chi connectivity index (χ3n) is 5.21. The van der Waals surface area contributed by atoms with Crippen LogP contribution in [0.3, 0.4) is 0 Å². The lowest BCUT2D eigenvalue weighted by atomic mass is 10.0. The van der Waals surface area contributed by atoms with Crippen molar-refractivity contribution in [3.8, 4) is 5.75 Å². The van der Waals surface area contributed by atoms with Gasteiger partial charge >= 0.3 is 0 Å². The monoisotopic (exact) mass is 409 g/mol. The molecule has 0 bridgehead atoms. The van der Waals surface area contributed by atoms with E-state index in [-0.39, 0.29) is 23.6 Å². The van der Waals surface area contributed by atoms with Gasteiger partial charge in [-0.3, -0.25) is 14.4 Å². The van der Waals surface area contributed by atoms with Crippen LogP contribution in [0, 0.1) is 5.92 Å². The van der Waals surface area contributed by atoms with Crippen molar-refractivity contribution in [3.05, 3.63) is 53.6 Å². The average molecular weight is 409 g/mol. The lowest BCUT2D eigenvalue weighted by molar-refractivity contribution is -0.119. The first kappa shape index (κ1) is 21.4. The van der Waals surface area contributed by atoms with E-state index >= 15 is 0 Å². The van der Waals surface area contributed by atoms with Gasteiger partial charge in [-0.15, -0.1) is 0 Å². The van der Waals surface area contributed by atoms with Gasteiger partial charge in [0.05, 0.1) is 7.11 Å². The quantitative estimate of drug-likeness (QED) is 0.768. The molecule has 0 saturated heterocycles. The zero-order valence-electron chi connectivity index (χ0n) is 17.7. The molecule has 1 aliphatic heterocycles. The highest BCUT2D eigenvalue weighted by atomic mass is 16.5. The van der Waals surface area contributed by atoms with Gasteiger partial charge in [-0.2, -0.15) is 0 Å². The van der Waals surface area contributed by atoms with Crippen molar-refractivity contribution < 1.29 is 19.1 Å². The molecule has 7 heteroatoms. The summed E-state index contributed by atoms with van der Waals surface area (Å²) < 4.78 is 5.11. The number of hydrogen-bond donors (Lipinski definition) is 2. The predicted octanol–water partition coefficient (Wildman–Crippen LogP) is 3.00. The van der Waals surface area contributed by atoms with Crippen molar-refractivity contribution in [1.82, 2.24) is 5.32 Å². The Bertz CT molecular complexity index is 953. The molecule has 1 aliphatic rings. The fourth-order valence-corrected chi connectivity index (χ4v) is 3.53. The van der Waals surface area contributed by atoms with Crippen LogP contribution in [0.5, 0.6) is 5.75 Å². The van der Waals surface area contributed by atoms with Gasteiger partial charge in [-0.1, -0.05) is 13.8 Å². The largest absolute Gasteiger partial charge is 0.497 e. The van der Waals surface area contributed by atoms with E-state index in [4.69, 9.17) is 4.74 Å². The number of carbonyl (C=O) groups is 3. The lowest BCUT2D eigenvalue weighted by Gasteiger charge is -2.22. The van der Waals surface area contributed by atoms with E-state index < -0.39 is 6.04 Å². The predicted molar refractivity (Wildman–Crippen MR) is 116 cm³/mol. The van der Waals surface area contributed by atoms with Gasteiger partial charge in [0, 0.05) is 30.4 Å². The summed E-state index contributed by atoms with van der Waals surface area (Å²) in [6.07, 6.45) is 0.750. The molecule has 3 amide bonds. The first-order valence-corrected chi connectivity index (χ1v) is 9.97. The molecule has 0 unspecified atom stereocenters. The topological polar surface area (TPSA) is 87.7 Å². The molecular formula is C23H27N3O4. The van der Waals surface area contributed by atoms with E-state index in [0.717, 1.165) is 17.7 Å². The smallest absolute Gasteiger partial charge is 0.251 e. The average Bonchev–Trinajstić information content (AvgIpc) is 3.15. The fourth-order valence-electron chi connectivity index (χ4n) is 3.53. The fraction of sp³-hybridized carbons (Fsp3) is 0.348. The van der Waals surface area contributed by atoms with Crippen molar-refractivity contribution in [1.29, 1.82) is 0 Å². The highest BCUT2D eigenvalue weighted by molar-refractivity contribution is 6.02. The third kappa shape index (κ3) is 4.62. The van der Waals surface area contributed by atoms with Gasteiger partial charge in [0.15, 0.2) is 0 Å². The Morgan fingerprint density at radius 3 is 2.37 bits per heavy atom. The van der Waals surface area contributed by atoms with Crippen molar-refractivity contribution in [2.45, 2.75) is 33.2 Å². The Labute approximate surface area is 176 Å². The number of fused-ring (bicyclic) bond motifs is 1. The molecular weight excluding hydrogens is 382 g/mol. The maximum Gasteiger partial charge on any atom is 0.251 e. The standard InChI is InChI=1S/C23H27N3O4/c1-14(2)21(25-22(28)16-5-8-19(30-4)9-6-16)23(29)24-18-7-10-20-17(13-18)11-12-26(20)15(3)27/h5-10,13-14,21H,11-12H2,1-4H3,(H,24,29)(H,25,28)/t21-/m0/s1. The summed E-state index contributed by atoms with van der Waals surface area (Å²) >= 11 is 0. The van der Waals surface area contributed by atoms with Crippen molar-refractivity contribution in [3.63, 3.8) is 0 Å². The van der Waals surface area contributed by atoms with Crippen molar-refractivity contribution in [2.75, 3.05) is 23.9 Å². The Morgan fingerprint density at radius 1 is 1.07 bits per heavy atom. The molecule has 158 valence electrons. The first-order chi connectivity index (χ1) is 14.3. The maximum atomic E-state index is 12.9. The molecule has 1 atom stereocenters. The van der Waals surface area contributed by atoms with Crippen molar-refractivity contribution in [2.24, 2.45) is 5.92 Å². The molecule has 2 aromatic carbocycles. The highest BCUT2D eigenvalue weighted by Gasteiger charge is 2.26. The van der Waals surface area contributed by atoms with E-state index in [2.05, 4.69) is 10.6 Å². The van der Waals surface area contributed by atoms with Crippen LogP contribution in [0.15, 0.2) is 42.5 Å². The minimum Gasteiger partial charge on any atom is -0.497 e. The second-order valence-corrected chi connectivity index (χ2v) is 7.68. The normalized spacial score (nSPS) is 13.6. The summed E-state index contributed by atoms with van der Waals surface area (Å²) in [6, 6.07) is 11.5. The van der Waals surface area contributed by atoms with Crippen LogP contribution in [0.1, 0.15) is 36.7 Å². The van der Waals surface area contributed by atoms with Gasteiger partial charge in [0.1, 0.15) is 11.8 Å². The Balaban J connectivity index is 1.70. The second-order valence-electron chi connectivity index (χ2n) is 7.68. The number of nitrogens with one attached hydrogen (secondary N) is 2. The number of anilines is 2. The number of ether oxygens (including phenoxy) is 1. The molecule has 0 aromatic heterocycles. The molecule has 0 saturated carbocycles. The van der Waals surface area contributed by atoms with Crippen LogP contribution in [-0.2, 0) is 16.0 Å². The minimum atomic E-state index is -0.693. The zero-order valence-corrected chi connectivity index (χ0v) is 17.7. The summed E-state index contributed by atoms with van der Waals surface area (Å²) in [5, 5.41) is 5.71. The van der Waals surface area contributed by atoms with Gasteiger partial charge in [-0.05, 0) is 60.4 Å². The second kappa shape index (κ2) is 8.98. The summed E-state index contributed by atoms with van der Waals surface area (Å²) in [7, 11) is 1.56. The van der Waals surface area contributed by atoms with Gasteiger partial charge in [0.2, 0.25) is 11.8 Å². The highest BCUT2D eigenvalue weighted by Crippen LogP contribution is 2.30. The molecule has 0 radical (unpaired) electrons. The van der Waals surface area contributed by atoms with Crippen LogP contribution < -0.4 is 20.3 Å². The van der Waals surface area contributed by atoms with Gasteiger partial charge in [0.25, 0.3) is 5.91 Å². The summed E-state index contributed by atoms with van der Waals surface area (Å²) in [5.41, 5.74) is 3.00. The van der Waals surface area contributed by atoms with Gasteiger partial charge < -0.3 is 20.3 Å². The third-order valence-corrected chi connectivity index (χ3v) is 5.21. The number of methoxy groups -OCH3 is 1. The maximum absolute atomic E-state index is 12.9. The number of rotatable bonds is 6. The van der Waals surface area contributed by atoms with Crippen LogP contribution in [0.4, 0.5) is 11.4 Å². The lowest BCUT2D eigenvalue weighted by Crippen LogP contribution is -2.47. The number of carbonyl (C=O) groups excluding carboxylic acids is 3. The molecule has 3 rings (SSSR count). The molecule has 2 aromatic rings. The summed E-state index contributed by atoms with van der Waals surface area (Å²) in [4.78, 5) is 38.9. The number of hydrogen-bond acceptors (Lipinski definition) is 4. The number of nitrogens with zero attached hydrogens (tertiary/aromatic N) is 1. The SMILES string of the molecule is COc1ccc(C(=O)N[C@H](C(=O)Nc2ccc3c(c2)CCN3C(C)=O)C(C)C)cc1. The van der Waals surface area contributed by atoms with Gasteiger partial charge in [-0.25, -0.2) is 0 Å². The molecule has 1 heterocycles. The summed E-state index contributed by atoms with van der Waals surface area (Å²) in [6.45, 7) is 5.95. The molecule has 30 heavy (non-hydrogen) atoms. The van der Waals surface area contributed by atoms with Crippen LogP contribution in [0.2, 0.25) is 0 Å². The number of benzene rings is 2. The molecule has 0 fully saturated rings. The Hall–Kier alpha value is -3.35.